The van der Waals surface area contributed by atoms with Crippen LogP contribution in [0.5, 0.6) is 5.75 Å². The van der Waals surface area contributed by atoms with Crippen molar-refractivity contribution in [3.63, 3.8) is 0 Å². The molecule has 1 unspecified atom stereocenters. The number of aromatic hydroxyl groups is 1. The summed E-state index contributed by atoms with van der Waals surface area (Å²) in [7, 11) is 0. The molecule has 3 N–H and O–H groups in total. The van der Waals surface area contributed by atoms with Crippen LogP contribution in [0.15, 0.2) is 48.7 Å². The number of carbonyl (C=O) groups is 2. The minimum atomic E-state index is -0.0520. The molecule has 3 aromatic rings. The molecule has 2 amide bonds. The van der Waals surface area contributed by atoms with Gasteiger partial charge < -0.3 is 20.3 Å². The van der Waals surface area contributed by atoms with Crippen molar-refractivity contribution >= 4 is 22.7 Å². The number of phenols is 1. The molecule has 1 aromatic heterocycles. The molecule has 2 aromatic carbocycles. The SMILES string of the molecule is Cc1ccc(CN2C(=O)CCC2CC(=O)NCCc2c[nH]c3ccc(O)cc23)cc1. The highest BCUT2D eigenvalue weighted by Gasteiger charge is 2.32. The summed E-state index contributed by atoms with van der Waals surface area (Å²) in [4.78, 5) is 29.8. The fourth-order valence-electron chi connectivity index (χ4n) is 4.11. The molecule has 1 atom stereocenters. The minimum absolute atomic E-state index is 0.0358. The molecule has 0 saturated carbocycles. The van der Waals surface area contributed by atoms with Crippen molar-refractivity contribution in [1.29, 1.82) is 0 Å². The van der Waals surface area contributed by atoms with E-state index in [-0.39, 0.29) is 23.6 Å². The standard InChI is InChI=1S/C24H27N3O3/c1-16-2-4-17(5-3-16)15-27-19(6-9-24(27)30)12-23(29)25-11-10-18-14-26-22-8-7-20(28)13-21(18)22/h2-5,7-8,13-14,19,26,28H,6,9-12,15H2,1H3,(H,25,29). The molecule has 156 valence electrons. The highest BCUT2D eigenvalue weighted by Crippen LogP contribution is 2.25. The molecule has 30 heavy (non-hydrogen) atoms. The van der Waals surface area contributed by atoms with E-state index in [1.54, 1.807) is 12.1 Å². The zero-order valence-corrected chi connectivity index (χ0v) is 17.1. The summed E-state index contributed by atoms with van der Waals surface area (Å²) in [6.07, 6.45) is 4.13. The van der Waals surface area contributed by atoms with Crippen LogP contribution in [0, 0.1) is 6.92 Å². The lowest BCUT2D eigenvalue weighted by Crippen LogP contribution is -2.37. The molecule has 6 heteroatoms. The topological polar surface area (TPSA) is 85.4 Å². The Labute approximate surface area is 175 Å². The van der Waals surface area contributed by atoms with Crippen LogP contribution in [0.2, 0.25) is 0 Å². The average Bonchev–Trinajstić information content (AvgIpc) is 3.27. The second kappa shape index (κ2) is 8.61. The number of aryl methyl sites for hydroxylation is 1. The molecule has 0 spiro atoms. The number of fused-ring (bicyclic) bond motifs is 1. The van der Waals surface area contributed by atoms with Gasteiger partial charge in [-0.15, -0.1) is 0 Å². The third-order valence-corrected chi connectivity index (χ3v) is 5.81. The largest absolute Gasteiger partial charge is 0.508 e. The number of nitrogens with one attached hydrogen (secondary N) is 2. The molecular weight excluding hydrogens is 378 g/mol. The normalized spacial score (nSPS) is 16.4. The van der Waals surface area contributed by atoms with Gasteiger partial charge in [-0.25, -0.2) is 0 Å². The van der Waals surface area contributed by atoms with Gasteiger partial charge in [-0.3, -0.25) is 9.59 Å². The maximum atomic E-state index is 12.5. The van der Waals surface area contributed by atoms with E-state index in [1.807, 2.05) is 48.4 Å². The van der Waals surface area contributed by atoms with Crippen molar-refractivity contribution in [1.82, 2.24) is 15.2 Å². The van der Waals surface area contributed by atoms with Crippen molar-refractivity contribution < 1.29 is 14.7 Å². The highest BCUT2D eigenvalue weighted by atomic mass is 16.3. The van der Waals surface area contributed by atoms with Crippen LogP contribution >= 0.6 is 0 Å². The first-order chi connectivity index (χ1) is 14.5. The lowest BCUT2D eigenvalue weighted by Gasteiger charge is -2.24. The number of H-pyrrole nitrogens is 1. The van der Waals surface area contributed by atoms with E-state index in [0.717, 1.165) is 28.5 Å². The quantitative estimate of drug-likeness (QED) is 0.563. The van der Waals surface area contributed by atoms with Crippen LogP contribution in [0.25, 0.3) is 10.9 Å². The number of phenolic OH excluding ortho intramolecular Hbond substituents is 1. The van der Waals surface area contributed by atoms with Crippen molar-refractivity contribution in [2.45, 2.75) is 45.2 Å². The summed E-state index contributed by atoms with van der Waals surface area (Å²) in [5.74, 6) is 0.310. The second-order valence-electron chi connectivity index (χ2n) is 8.05. The number of aromatic amines is 1. The average molecular weight is 405 g/mol. The van der Waals surface area contributed by atoms with Crippen LogP contribution in [-0.2, 0) is 22.6 Å². The van der Waals surface area contributed by atoms with Crippen LogP contribution in [0.3, 0.4) is 0 Å². The smallest absolute Gasteiger partial charge is 0.223 e. The van der Waals surface area contributed by atoms with Crippen molar-refractivity contribution in [2.75, 3.05) is 6.54 Å². The molecule has 2 heterocycles. The number of rotatable bonds is 7. The van der Waals surface area contributed by atoms with E-state index in [2.05, 4.69) is 10.3 Å². The fourth-order valence-corrected chi connectivity index (χ4v) is 4.11. The maximum absolute atomic E-state index is 12.5. The fraction of sp³-hybridized carbons (Fsp3) is 0.333. The summed E-state index contributed by atoms with van der Waals surface area (Å²) in [5.41, 5.74) is 4.29. The summed E-state index contributed by atoms with van der Waals surface area (Å²) in [6, 6.07) is 13.3. The van der Waals surface area contributed by atoms with Gasteiger partial charge in [0, 0.05) is 49.1 Å². The summed E-state index contributed by atoms with van der Waals surface area (Å²) >= 11 is 0. The number of likely N-dealkylation sites (tertiary alicyclic amines) is 1. The molecular formula is C24H27N3O3. The number of aromatic nitrogens is 1. The van der Waals surface area contributed by atoms with E-state index >= 15 is 0 Å². The van der Waals surface area contributed by atoms with E-state index < -0.39 is 0 Å². The second-order valence-corrected chi connectivity index (χ2v) is 8.05. The van der Waals surface area contributed by atoms with Crippen LogP contribution in [0.1, 0.15) is 36.0 Å². The minimum Gasteiger partial charge on any atom is -0.508 e. The Kier molecular flexibility index (Phi) is 5.74. The first-order valence-electron chi connectivity index (χ1n) is 10.4. The summed E-state index contributed by atoms with van der Waals surface area (Å²) in [6.45, 7) is 3.10. The zero-order chi connectivity index (χ0) is 21.1. The van der Waals surface area contributed by atoms with Gasteiger partial charge in [0.2, 0.25) is 11.8 Å². The van der Waals surface area contributed by atoms with Gasteiger partial charge in [0.15, 0.2) is 0 Å². The molecule has 0 bridgehead atoms. The third kappa shape index (κ3) is 4.48. The third-order valence-electron chi connectivity index (χ3n) is 5.81. The molecule has 1 saturated heterocycles. The van der Waals surface area contributed by atoms with Crippen LogP contribution in [-0.4, -0.2) is 39.4 Å². The van der Waals surface area contributed by atoms with E-state index in [4.69, 9.17) is 0 Å². The number of amides is 2. The predicted octanol–water partition coefficient (Wildman–Crippen LogP) is 3.42. The van der Waals surface area contributed by atoms with Gasteiger partial charge in [0.05, 0.1) is 0 Å². The molecule has 0 aliphatic carbocycles. The lowest BCUT2D eigenvalue weighted by molar-refractivity contribution is -0.130. The number of hydrogen-bond donors (Lipinski definition) is 3. The molecule has 1 aliphatic rings. The van der Waals surface area contributed by atoms with Gasteiger partial charge >= 0.3 is 0 Å². The number of carbonyl (C=O) groups excluding carboxylic acids is 2. The summed E-state index contributed by atoms with van der Waals surface area (Å²) in [5, 5.41) is 13.6. The van der Waals surface area contributed by atoms with Gasteiger partial charge in [0.1, 0.15) is 5.75 Å². The lowest BCUT2D eigenvalue weighted by atomic mass is 10.1. The molecule has 1 aliphatic heterocycles. The van der Waals surface area contributed by atoms with Crippen molar-refractivity contribution in [3.8, 4) is 5.75 Å². The Morgan fingerprint density at radius 3 is 2.83 bits per heavy atom. The maximum Gasteiger partial charge on any atom is 0.223 e. The van der Waals surface area contributed by atoms with E-state index in [0.29, 0.717) is 32.4 Å². The zero-order valence-electron chi connectivity index (χ0n) is 17.1. The first-order valence-corrected chi connectivity index (χ1v) is 10.4. The molecule has 0 radical (unpaired) electrons. The van der Waals surface area contributed by atoms with Crippen molar-refractivity contribution in [3.05, 3.63) is 65.4 Å². The predicted molar refractivity (Wildman–Crippen MR) is 116 cm³/mol. The Hall–Kier alpha value is -3.28. The van der Waals surface area contributed by atoms with E-state index in [9.17, 15) is 14.7 Å². The Morgan fingerprint density at radius 1 is 1.23 bits per heavy atom. The van der Waals surface area contributed by atoms with E-state index in [1.165, 1.54) is 5.56 Å². The van der Waals surface area contributed by atoms with Gasteiger partial charge in [-0.2, -0.15) is 0 Å². The van der Waals surface area contributed by atoms with Gasteiger partial charge in [0.25, 0.3) is 0 Å². The van der Waals surface area contributed by atoms with Crippen LogP contribution < -0.4 is 5.32 Å². The first kappa shape index (κ1) is 20.0. The Bertz CT molecular complexity index is 1060. The number of benzene rings is 2. The summed E-state index contributed by atoms with van der Waals surface area (Å²) < 4.78 is 0. The number of nitrogens with zero attached hydrogens (tertiary/aromatic N) is 1. The Morgan fingerprint density at radius 2 is 2.03 bits per heavy atom. The van der Waals surface area contributed by atoms with Crippen LogP contribution in [0.4, 0.5) is 0 Å². The van der Waals surface area contributed by atoms with Crippen molar-refractivity contribution in [2.24, 2.45) is 0 Å². The monoisotopic (exact) mass is 405 g/mol. The molecule has 1 fully saturated rings. The molecule has 6 nitrogen and oxygen atoms in total. The van der Waals surface area contributed by atoms with Gasteiger partial charge in [-0.1, -0.05) is 29.8 Å². The Balaban J connectivity index is 1.30. The molecule has 4 rings (SSSR count). The number of hydrogen-bond acceptors (Lipinski definition) is 3. The van der Waals surface area contributed by atoms with Gasteiger partial charge in [-0.05, 0) is 49.1 Å². The highest BCUT2D eigenvalue weighted by molar-refractivity contribution is 5.85.